The summed E-state index contributed by atoms with van der Waals surface area (Å²) in [4.78, 5) is 11.3. The van der Waals surface area contributed by atoms with E-state index < -0.39 is 35.1 Å². The van der Waals surface area contributed by atoms with Gasteiger partial charge in [-0.3, -0.25) is 4.79 Å². The summed E-state index contributed by atoms with van der Waals surface area (Å²) in [6, 6.07) is 11.0. The summed E-state index contributed by atoms with van der Waals surface area (Å²) in [7, 11) is 0. The van der Waals surface area contributed by atoms with Crippen molar-refractivity contribution in [1.82, 2.24) is 10.6 Å². The van der Waals surface area contributed by atoms with Crippen LogP contribution < -0.4 is 10.6 Å². The lowest BCUT2D eigenvalue weighted by molar-refractivity contribution is -0.143. The maximum atomic E-state index is 13.3. The molecule has 2 N–H and O–H groups in total. The van der Waals surface area contributed by atoms with Gasteiger partial charge in [-0.15, -0.1) is 11.6 Å². The van der Waals surface area contributed by atoms with E-state index in [4.69, 9.17) is 16.3 Å². The maximum Gasteiger partial charge on any atom is 0.416 e. The zero-order valence-corrected chi connectivity index (χ0v) is 21.6. The number of hydrogen-bond acceptors (Lipinski definition) is 3. The number of hydrogen-bond donors (Lipinski definition) is 2. The number of benzene rings is 2. The van der Waals surface area contributed by atoms with Crippen LogP contribution in [0.5, 0.6) is 0 Å². The van der Waals surface area contributed by atoms with Gasteiger partial charge in [0, 0.05) is 6.54 Å². The number of ether oxygens (including phenoxy) is 1. The van der Waals surface area contributed by atoms with Gasteiger partial charge in [0.2, 0.25) is 5.91 Å². The summed E-state index contributed by atoms with van der Waals surface area (Å²) < 4.78 is 85.9. The Hall–Kier alpha value is -2.30. The molecule has 0 unspecified atom stereocenters. The van der Waals surface area contributed by atoms with Crippen LogP contribution in [0.3, 0.4) is 0 Å². The van der Waals surface area contributed by atoms with Gasteiger partial charge in [0.1, 0.15) is 5.88 Å². The molecule has 1 heterocycles. The second-order valence-corrected chi connectivity index (χ2v) is 9.92. The third-order valence-corrected chi connectivity index (χ3v) is 7.17. The van der Waals surface area contributed by atoms with Crippen molar-refractivity contribution in [3.05, 3.63) is 70.8 Å². The molecule has 0 aromatic heterocycles. The van der Waals surface area contributed by atoms with Crippen molar-refractivity contribution in [2.24, 2.45) is 5.92 Å². The van der Waals surface area contributed by atoms with E-state index in [1.165, 1.54) is 6.92 Å². The van der Waals surface area contributed by atoms with Crippen LogP contribution in [0.2, 0.25) is 0 Å². The summed E-state index contributed by atoms with van der Waals surface area (Å²) in [5.41, 5.74) is -2.64. The van der Waals surface area contributed by atoms with Crippen molar-refractivity contribution in [3.63, 3.8) is 0 Å². The highest BCUT2D eigenvalue weighted by molar-refractivity contribution is 6.27. The molecule has 2 aromatic rings. The number of piperidine rings is 1. The summed E-state index contributed by atoms with van der Waals surface area (Å²) in [5, 5.41) is 6.28. The van der Waals surface area contributed by atoms with Gasteiger partial charge in [-0.25, -0.2) is 0 Å². The molecule has 0 bridgehead atoms. The highest BCUT2D eigenvalue weighted by Crippen LogP contribution is 2.39. The minimum absolute atomic E-state index is 0.0638. The Bertz CT molecular complexity index is 1020. The van der Waals surface area contributed by atoms with Crippen molar-refractivity contribution in [2.75, 3.05) is 25.6 Å². The van der Waals surface area contributed by atoms with Crippen LogP contribution in [-0.4, -0.2) is 31.5 Å². The first kappa shape index (κ1) is 30.2. The van der Waals surface area contributed by atoms with Gasteiger partial charge < -0.3 is 15.4 Å². The Morgan fingerprint density at radius 2 is 1.74 bits per heavy atom. The second kappa shape index (κ2) is 12.7. The Kier molecular flexibility index (Phi) is 10.1. The Morgan fingerprint density at radius 1 is 1.11 bits per heavy atom. The zero-order valence-electron chi connectivity index (χ0n) is 20.9. The molecule has 1 aliphatic rings. The van der Waals surface area contributed by atoms with E-state index in [1.54, 1.807) is 0 Å². The van der Waals surface area contributed by atoms with Crippen molar-refractivity contribution >= 4 is 17.5 Å². The van der Waals surface area contributed by atoms with E-state index in [9.17, 15) is 31.1 Å². The lowest BCUT2D eigenvalue weighted by atomic mass is 9.78. The lowest BCUT2D eigenvalue weighted by Crippen LogP contribution is -2.52. The molecule has 0 aliphatic carbocycles. The Balaban J connectivity index is 1.72. The van der Waals surface area contributed by atoms with E-state index in [2.05, 4.69) is 10.6 Å². The molecule has 1 saturated heterocycles. The third-order valence-electron chi connectivity index (χ3n) is 6.93. The van der Waals surface area contributed by atoms with Gasteiger partial charge in [-0.05, 0) is 74.4 Å². The zero-order chi connectivity index (χ0) is 28.0. The molecule has 0 saturated carbocycles. The molecular formula is C27H31ClF6N2O2. The van der Waals surface area contributed by atoms with E-state index in [-0.39, 0.29) is 30.0 Å². The first-order valence-corrected chi connectivity index (χ1v) is 12.9. The number of carbonyl (C=O) groups excluding carboxylic acids is 1. The van der Waals surface area contributed by atoms with Crippen LogP contribution in [0.4, 0.5) is 26.3 Å². The van der Waals surface area contributed by atoms with Crippen LogP contribution in [0.25, 0.3) is 0 Å². The largest absolute Gasteiger partial charge is 0.416 e. The fraction of sp³-hybridized carbons (Fsp3) is 0.519. The molecule has 0 radical (unpaired) electrons. The third kappa shape index (κ3) is 8.10. The number of halogens is 7. The summed E-state index contributed by atoms with van der Waals surface area (Å²) in [5.74, 6) is 0.0435. The summed E-state index contributed by atoms with van der Waals surface area (Å²) in [6.07, 6.45) is -7.69. The molecule has 4 nitrogen and oxygen atoms in total. The number of amides is 1. The van der Waals surface area contributed by atoms with Crippen LogP contribution >= 0.6 is 11.6 Å². The highest BCUT2D eigenvalue weighted by atomic mass is 35.5. The molecule has 1 aliphatic heterocycles. The fourth-order valence-corrected chi connectivity index (χ4v) is 4.77. The van der Waals surface area contributed by atoms with Gasteiger partial charge in [0.15, 0.2) is 0 Å². The normalized spacial score (nSPS) is 21.2. The average molecular weight is 565 g/mol. The Morgan fingerprint density at radius 3 is 2.26 bits per heavy atom. The predicted molar refractivity (Wildman–Crippen MR) is 133 cm³/mol. The average Bonchev–Trinajstić information content (AvgIpc) is 2.89. The molecule has 1 amide bonds. The van der Waals surface area contributed by atoms with E-state index in [1.807, 2.05) is 30.3 Å². The van der Waals surface area contributed by atoms with Gasteiger partial charge in [0.25, 0.3) is 0 Å². The lowest BCUT2D eigenvalue weighted by Gasteiger charge is -2.42. The van der Waals surface area contributed by atoms with Gasteiger partial charge in [0.05, 0.1) is 29.4 Å². The number of rotatable bonds is 10. The molecule has 38 heavy (non-hydrogen) atoms. The van der Waals surface area contributed by atoms with E-state index in [0.29, 0.717) is 37.6 Å². The minimum Gasteiger partial charge on any atom is -0.372 e. The van der Waals surface area contributed by atoms with Crippen LogP contribution in [0.1, 0.15) is 61.0 Å². The summed E-state index contributed by atoms with van der Waals surface area (Å²) in [6.45, 7) is 2.70. The van der Waals surface area contributed by atoms with Crippen molar-refractivity contribution in [2.45, 2.75) is 56.6 Å². The SMILES string of the molecule is C[C@@H](OC[C@@]1(c2ccccc2)CC[C@H](CCCNC(=O)CCl)CN1)c1cc(C(F)(F)F)cc(C(F)(F)F)c1. The van der Waals surface area contributed by atoms with E-state index in [0.717, 1.165) is 24.8 Å². The maximum absolute atomic E-state index is 13.3. The first-order chi connectivity index (χ1) is 17.8. The molecule has 0 spiro atoms. The molecule has 11 heteroatoms. The smallest absolute Gasteiger partial charge is 0.372 e. The van der Waals surface area contributed by atoms with Crippen LogP contribution in [-0.2, 0) is 27.4 Å². The minimum atomic E-state index is -4.92. The number of alkyl halides is 7. The topological polar surface area (TPSA) is 50.4 Å². The quantitative estimate of drug-likeness (QED) is 0.189. The fourth-order valence-electron chi connectivity index (χ4n) is 4.68. The van der Waals surface area contributed by atoms with Gasteiger partial charge >= 0.3 is 12.4 Å². The Labute approximate surface area is 223 Å². The van der Waals surface area contributed by atoms with Crippen LogP contribution in [0.15, 0.2) is 48.5 Å². The van der Waals surface area contributed by atoms with Crippen molar-refractivity contribution in [3.8, 4) is 0 Å². The molecule has 2 aromatic carbocycles. The monoisotopic (exact) mass is 564 g/mol. The van der Waals surface area contributed by atoms with Gasteiger partial charge in [-0.2, -0.15) is 26.3 Å². The predicted octanol–water partition coefficient (Wildman–Crippen LogP) is 6.83. The van der Waals surface area contributed by atoms with Crippen molar-refractivity contribution in [1.29, 1.82) is 0 Å². The second-order valence-electron chi connectivity index (χ2n) is 9.65. The van der Waals surface area contributed by atoms with Gasteiger partial charge in [-0.1, -0.05) is 30.3 Å². The molecule has 3 atom stereocenters. The molecule has 210 valence electrons. The van der Waals surface area contributed by atoms with E-state index >= 15 is 0 Å². The molecule has 1 fully saturated rings. The summed E-state index contributed by atoms with van der Waals surface area (Å²) >= 11 is 5.48. The highest BCUT2D eigenvalue weighted by Gasteiger charge is 2.39. The standard InChI is InChI=1S/C27H31ClF6N2O2/c1-18(20-12-22(26(29,30)31)14-23(13-20)27(32,33)34)38-17-25(21-7-3-2-4-8-21)10-9-19(16-36-25)6-5-11-35-24(37)15-28/h2-4,7-8,12-14,18-19,36H,5-6,9-11,15-17H2,1H3,(H,35,37)/t18-,19+,25-/m1/s1. The molecular weight excluding hydrogens is 534 g/mol. The van der Waals surface area contributed by atoms with Crippen LogP contribution in [0, 0.1) is 5.92 Å². The number of carbonyl (C=O) groups is 1. The van der Waals surface area contributed by atoms with Crippen molar-refractivity contribution < 1.29 is 35.9 Å². The number of nitrogens with one attached hydrogen (secondary N) is 2. The molecule has 3 rings (SSSR count). The first-order valence-electron chi connectivity index (χ1n) is 12.4.